The Kier molecular flexibility index (Phi) is 6.91. The molecule has 8 heteroatoms. The third-order valence-electron chi connectivity index (χ3n) is 4.21. The number of thiazole rings is 1. The van der Waals surface area contributed by atoms with Crippen LogP contribution >= 0.6 is 11.3 Å². The Balaban J connectivity index is 1.61. The monoisotopic (exact) mass is 411 g/mol. The number of rotatable bonds is 9. The van der Waals surface area contributed by atoms with Crippen molar-refractivity contribution in [1.82, 2.24) is 4.98 Å². The van der Waals surface area contributed by atoms with E-state index in [0.29, 0.717) is 28.6 Å². The van der Waals surface area contributed by atoms with Crippen LogP contribution in [0.3, 0.4) is 0 Å². The van der Waals surface area contributed by atoms with Crippen molar-refractivity contribution in [2.24, 2.45) is 0 Å². The molecule has 7 nitrogen and oxygen atoms in total. The maximum Gasteiger partial charge on any atom is 0.270 e. The van der Waals surface area contributed by atoms with E-state index < -0.39 is 4.92 Å². The second-order valence-electron chi connectivity index (χ2n) is 6.38. The van der Waals surface area contributed by atoms with Gasteiger partial charge in [-0.2, -0.15) is 0 Å². The molecule has 29 heavy (non-hydrogen) atoms. The zero-order valence-electron chi connectivity index (χ0n) is 16.0. The van der Waals surface area contributed by atoms with Crippen molar-refractivity contribution >= 4 is 28.1 Å². The number of hydrogen-bond acceptors (Lipinski definition) is 6. The highest BCUT2D eigenvalue weighted by atomic mass is 32.1. The zero-order valence-corrected chi connectivity index (χ0v) is 16.8. The molecule has 1 aromatic heterocycles. The van der Waals surface area contributed by atoms with Gasteiger partial charge in [0.25, 0.3) is 11.6 Å². The molecule has 0 spiro atoms. The second-order valence-corrected chi connectivity index (χ2v) is 7.24. The van der Waals surface area contributed by atoms with Crippen LogP contribution in [0.1, 0.15) is 36.5 Å². The van der Waals surface area contributed by atoms with E-state index >= 15 is 0 Å². The summed E-state index contributed by atoms with van der Waals surface area (Å²) in [5.74, 6) is 0.460. The molecule has 0 aliphatic heterocycles. The minimum atomic E-state index is -0.449. The number of non-ortho nitro benzene ring substituents is 1. The van der Waals surface area contributed by atoms with Crippen LogP contribution in [0.5, 0.6) is 5.75 Å². The molecule has 0 radical (unpaired) electrons. The molecule has 0 unspecified atom stereocenters. The molecule has 0 atom stereocenters. The molecule has 150 valence electrons. The summed E-state index contributed by atoms with van der Waals surface area (Å²) in [5.41, 5.74) is 1.70. The predicted octanol–water partition coefficient (Wildman–Crippen LogP) is 5.54. The van der Waals surface area contributed by atoms with Crippen molar-refractivity contribution in [1.29, 1.82) is 0 Å². The summed E-state index contributed by atoms with van der Waals surface area (Å²) in [4.78, 5) is 27.3. The van der Waals surface area contributed by atoms with Crippen molar-refractivity contribution in [3.05, 3.63) is 69.6 Å². The van der Waals surface area contributed by atoms with Gasteiger partial charge in [-0.1, -0.05) is 31.9 Å². The van der Waals surface area contributed by atoms with Gasteiger partial charge in [0, 0.05) is 28.6 Å². The molecule has 0 bridgehead atoms. The van der Waals surface area contributed by atoms with Crippen molar-refractivity contribution in [2.45, 2.75) is 26.2 Å². The standard InChI is InChI=1S/C21H21N3O4S/c1-2-3-4-12-28-18-10-8-15(9-11-18)20(25)23-21-22-19(14-29-21)16-6-5-7-17(13-16)24(26)27/h5-11,13-14H,2-4,12H2,1H3,(H,22,23,25). The first-order valence-electron chi connectivity index (χ1n) is 9.31. The highest BCUT2D eigenvalue weighted by Gasteiger charge is 2.12. The molecular weight excluding hydrogens is 390 g/mol. The lowest BCUT2D eigenvalue weighted by atomic mass is 10.1. The lowest BCUT2D eigenvalue weighted by Crippen LogP contribution is -2.11. The van der Waals surface area contributed by atoms with Gasteiger partial charge in [0.2, 0.25) is 0 Å². The van der Waals surface area contributed by atoms with Crippen LogP contribution in [0.15, 0.2) is 53.9 Å². The number of nitro benzene ring substituents is 1. The molecule has 2 aromatic carbocycles. The van der Waals surface area contributed by atoms with E-state index in [1.165, 1.54) is 23.5 Å². The number of carbonyl (C=O) groups excluding carboxylic acids is 1. The van der Waals surface area contributed by atoms with Gasteiger partial charge in [0.1, 0.15) is 5.75 Å². The number of nitro groups is 1. The number of ether oxygens (including phenoxy) is 1. The third kappa shape index (κ3) is 5.61. The zero-order chi connectivity index (χ0) is 20.6. The summed E-state index contributed by atoms with van der Waals surface area (Å²) in [6, 6.07) is 13.2. The SMILES string of the molecule is CCCCCOc1ccc(C(=O)Nc2nc(-c3cccc([N+](=O)[O-])c3)cs2)cc1. The highest BCUT2D eigenvalue weighted by molar-refractivity contribution is 7.14. The average Bonchev–Trinajstić information content (AvgIpc) is 3.20. The minimum absolute atomic E-state index is 0.00177. The number of unbranched alkanes of at least 4 members (excludes halogenated alkanes) is 2. The van der Waals surface area contributed by atoms with E-state index in [2.05, 4.69) is 17.2 Å². The fourth-order valence-corrected chi connectivity index (χ4v) is 3.37. The largest absolute Gasteiger partial charge is 0.494 e. The molecule has 1 amide bonds. The van der Waals surface area contributed by atoms with E-state index in [0.717, 1.165) is 25.0 Å². The van der Waals surface area contributed by atoms with Gasteiger partial charge < -0.3 is 4.74 Å². The molecule has 1 N–H and O–H groups in total. The Bertz CT molecular complexity index is 986. The van der Waals surface area contributed by atoms with Crippen LogP contribution in [0.25, 0.3) is 11.3 Å². The maximum atomic E-state index is 12.4. The van der Waals surface area contributed by atoms with Gasteiger partial charge in [-0.05, 0) is 30.7 Å². The van der Waals surface area contributed by atoms with Crippen LogP contribution < -0.4 is 10.1 Å². The van der Waals surface area contributed by atoms with Gasteiger partial charge in [-0.15, -0.1) is 11.3 Å². The number of nitrogens with one attached hydrogen (secondary N) is 1. The van der Waals surface area contributed by atoms with Crippen LogP contribution in [-0.2, 0) is 0 Å². The first kappa shape index (κ1) is 20.5. The van der Waals surface area contributed by atoms with Crippen molar-refractivity contribution < 1.29 is 14.5 Å². The number of amides is 1. The summed E-state index contributed by atoms with van der Waals surface area (Å²) >= 11 is 1.26. The minimum Gasteiger partial charge on any atom is -0.494 e. The Morgan fingerprint density at radius 3 is 2.72 bits per heavy atom. The summed E-state index contributed by atoms with van der Waals surface area (Å²) in [6.45, 7) is 2.81. The number of carbonyl (C=O) groups is 1. The third-order valence-corrected chi connectivity index (χ3v) is 4.97. The highest BCUT2D eigenvalue weighted by Crippen LogP contribution is 2.27. The Morgan fingerprint density at radius 2 is 2.00 bits per heavy atom. The second kappa shape index (κ2) is 9.79. The van der Waals surface area contributed by atoms with Crippen molar-refractivity contribution in [3.8, 4) is 17.0 Å². The lowest BCUT2D eigenvalue weighted by Gasteiger charge is -2.07. The van der Waals surface area contributed by atoms with Gasteiger partial charge in [0.15, 0.2) is 5.13 Å². The van der Waals surface area contributed by atoms with E-state index in [4.69, 9.17) is 4.74 Å². The maximum absolute atomic E-state index is 12.4. The summed E-state index contributed by atoms with van der Waals surface area (Å²) in [6.07, 6.45) is 3.28. The Hall–Kier alpha value is -3.26. The van der Waals surface area contributed by atoms with Crippen LogP contribution in [-0.4, -0.2) is 22.4 Å². The molecule has 0 aliphatic rings. The van der Waals surface area contributed by atoms with Gasteiger partial charge in [-0.25, -0.2) is 4.98 Å². The number of hydrogen-bond donors (Lipinski definition) is 1. The smallest absolute Gasteiger partial charge is 0.270 e. The molecular formula is C21H21N3O4S. The normalized spacial score (nSPS) is 10.5. The van der Waals surface area contributed by atoms with Crippen LogP contribution in [0, 0.1) is 10.1 Å². The van der Waals surface area contributed by atoms with Crippen LogP contribution in [0.4, 0.5) is 10.8 Å². The number of anilines is 1. The first-order valence-corrected chi connectivity index (χ1v) is 10.2. The summed E-state index contributed by atoms with van der Waals surface area (Å²) in [5, 5.41) is 15.9. The Morgan fingerprint density at radius 1 is 1.21 bits per heavy atom. The van der Waals surface area contributed by atoms with E-state index in [1.54, 1.807) is 41.8 Å². The quantitative estimate of drug-likeness (QED) is 0.283. The number of aromatic nitrogens is 1. The van der Waals surface area contributed by atoms with E-state index in [9.17, 15) is 14.9 Å². The van der Waals surface area contributed by atoms with E-state index in [-0.39, 0.29) is 11.6 Å². The van der Waals surface area contributed by atoms with Crippen molar-refractivity contribution in [2.75, 3.05) is 11.9 Å². The molecule has 3 aromatic rings. The van der Waals surface area contributed by atoms with Gasteiger partial charge in [-0.3, -0.25) is 20.2 Å². The fourth-order valence-electron chi connectivity index (χ4n) is 2.66. The predicted molar refractivity (Wildman–Crippen MR) is 114 cm³/mol. The topological polar surface area (TPSA) is 94.4 Å². The van der Waals surface area contributed by atoms with Crippen molar-refractivity contribution in [3.63, 3.8) is 0 Å². The van der Waals surface area contributed by atoms with E-state index in [1.807, 2.05) is 0 Å². The van der Waals surface area contributed by atoms with Gasteiger partial charge >= 0.3 is 0 Å². The van der Waals surface area contributed by atoms with Gasteiger partial charge in [0.05, 0.1) is 17.2 Å². The number of benzene rings is 2. The summed E-state index contributed by atoms with van der Waals surface area (Å²) in [7, 11) is 0. The molecule has 0 aliphatic carbocycles. The molecule has 0 saturated carbocycles. The Labute approximate surface area is 172 Å². The molecule has 0 saturated heterocycles. The average molecular weight is 411 g/mol. The summed E-state index contributed by atoms with van der Waals surface area (Å²) < 4.78 is 5.65. The molecule has 3 rings (SSSR count). The number of nitrogens with zero attached hydrogens (tertiary/aromatic N) is 2. The van der Waals surface area contributed by atoms with Crippen LogP contribution in [0.2, 0.25) is 0 Å². The molecule has 0 fully saturated rings. The first-order chi connectivity index (χ1) is 14.1. The lowest BCUT2D eigenvalue weighted by molar-refractivity contribution is -0.384. The fraction of sp³-hybridized carbons (Fsp3) is 0.238. The molecule has 1 heterocycles.